The fraction of sp³-hybridized carbons (Fsp3) is 0.158. The summed E-state index contributed by atoms with van der Waals surface area (Å²) < 4.78 is 1.54. The number of benzene rings is 2. The van der Waals surface area contributed by atoms with E-state index < -0.39 is 5.97 Å². The lowest BCUT2D eigenvalue weighted by Gasteiger charge is -2.05. The molecule has 0 radical (unpaired) electrons. The lowest BCUT2D eigenvalue weighted by atomic mass is 10.1. The summed E-state index contributed by atoms with van der Waals surface area (Å²) >= 11 is 0. The molecule has 0 saturated heterocycles. The highest BCUT2D eigenvalue weighted by molar-refractivity contribution is 5.87. The molecule has 1 N–H and O–H groups in total. The Morgan fingerprint density at radius 2 is 1.57 bits per heavy atom. The standard InChI is InChI=1S/C19H18N2O2/c1-13-3-7-15(8-4-13)12-21-18(19(22)23)11-17(20-21)16-9-5-14(2)6-10-16/h3-11H,12H2,1-2H3,(H,22,23). The molecule has 23 heavy (non-hydrogen) atoms. The molecule has 0 fully saturated rings. The van der Waals surface area contributed by atoms with Gasteiger partial charge in [-0.05, 0) is 25.5 Å². The van der Waals surface area contributed by atoms with E-state index in [0.29, 0.717) is 12.2 Å². The van der Waals surface area contributed by atoms with Crippen LogP contribution in [0.1, 0.15) is 27.2 Å². The van der Waals surface area contributed by atoms with Gasteiger partial charge < -0.3 is 5.11 Å². The van der Waals surface area contributed by atoms with Crippen LogP contribution in [0.2, 0.25) is 0 Å². The Labute approximate surface area is 135 Å². The minimum Gasteiger partial charge on any atom is -0.477 e. The van der Waals surface area contributed by atoms with Gasteiger partial charge in [0.25, 0.3) is 0 Å². The number of hydrogen-bond donors (Lipinski definition) is 1. The third kappa shape index (κ3) is 3.31. The summed E-state index contributed by atoms with van der Waals surface area (Å²) in [5, 5.41) is 13.9. The topological polar surface area (TPSA) is 55.1 Å². The molecule has 1 heterocycles. The largest absolute Gasteiger partial charge is 0.477 e. The first kappa shape index (κ1) is 15.0. The summed E-state index contributed by atoms with van der Waals surface area (Å²) in [5.74, 6) is -0.969. The molecule has 0 amide bonds. The Bertz CT molecular complexity index is 831. The molecule has 3 aromatic rings. The highest BCUT2D eigenvalue weighted by atomic mass is 16.4. The van der Waals surface area contributed by atoms with Gasteiger partial charge in [0.05, 0.1) is 12.2 Å². The number of carboxylic acids is 1. The zero-order valence-corrected chi connectivity index (χ0v) is 13.2. The Kier molecular flexibility index (Phi) is 3.98. The molecule has 0 aliphatic carbocycles. The second-order valence-corrected chi connectivity index (χ2v) is 5.73. The molecule has 0 aliphatic heterocycles. The van der Waals surface area contributed by atoms with Crippen LogP contribution < -0.4 is 0 Å². The van der Waals surface area contributed by atoms with E-state index in [0.717, 1.165) is 16.7 Å². The monoisotopic (exact) mass is 306 g/mol. The van der Waals surface area contributed by atoms with Crippen LogP contribution in [0.5, 0.6) is 0 Å². The van der Waals surface area contributed by atoms with Gasteiger partial charge in [0.15, 0.2) is 0 Å². The van der Waals surface area contributed by atoms with E-state index in [1.54, 1.807) is 10.7 Å². The summed E-state index contributed by atoms with van der Waals surface area (Å²) in [6, 6.07) is 17.5. The van der Waals surface area contributed by atoms with Crippen LogP contribution in [0.15, 0.2) is 54.6 Å². The van der Waals surface area contributed by atoms with Gasteiger partial charge in [-0.15, -0.1) is 0 Å². The number of aromatic carboxylic acids is 1. The first-order chi connectivity index (χ1) is 11.0. The van der Waals surface area contributed by atoms with Gasteiger partial charge in [-0.25, -0.2) is 4.79 Å². The first-order valence-electron chi connectivity index (χ1n) is 7.46. The van der Waals surface area contributed by atoms with Crippen molar-refractivity contribution >= 4 is 5.97 Å². The highest BCUT2D eigenvalue weighted by Crippen LogP contribution is 2.20. The minimum absolute atomic E-state index is 0.196. The Hall–Kier alpha value is -2.88. The molecule has 3 rings (SSSR count). The Morgan fingerprint density at radius 1 is 1.00 bits per heavy atom. The predicted octanol–water partition coefficient (Wildman–Crippen LogP) is 3.91. The average molecular weight is 306 g/mol. The lowest BCUT2D eigenvalue weighted by Crippen LogP contribution is -2.10. The number of rotatable bonds is 4. The molecule has 0 aliphatic rings. The van der Waals surface area contributed by atoms with Crippen molar-refractivity contribution in [1.29, 1.82) is 0 Å². The van der Waals surface area contributed by atoms with Crippen molar-refractivity contribution in [2.45, 2.75) is 20.4 Å². The first-order valence-corrected chi connectivity index (χ1v) is 7.46. The van der Waals surface area contributed by atoms with Gasteiger partial charge >= 0.3 is 5.97 Å². The van der Waals surface area contributed by atoms with Crippen molar-refractivity contribution in [2.24, 2.45) is 0 Å². The molecule has 116 valence electrons. The molecule has 0 spiro atoms. The van der Waals surface area contributed by atoms with Crippen molar-refractivity contribution in [2.75, 3.05) is 0 Å². The molecular formula is C19H18N2O2. The number of hydrogen-bond acceptors (Lipinski definition) is 2. The van der Waals surface area contributed by atoms with Gasteiger partial charge in [-0.2, -0.15) is 5.10 Å². The van der Waals surface area contributed by atoms with Crippen LogP contribution in [0, 0.1) is 13.8 Å². The van der Waals surface area contributed by atoms with Crippen molar-refractivity contribution in [3.05, 3.63) is 77.0 Å². The minimum atomic E-state index is -0.969. The maximum atomic E-state index is 11.5. The Morgan fingerprint density at radius 3 is 2.13 bits per heavy atom. The van der Waals surface area contributed by atoms with Crippen LogP contribution in [-0.4, -0.2) is 20.9 Å². The van der Waals surface area contributed by atoms with Crippen LogP contribution >= 0.6 is 0 Å². The fourth-order valence-electron chi connectivity index (χ4n) is 2.44. The summed E-state index contributed by atoms with van der Waals surface area (Å²) in [7, 11) is 0. The third-order valence-electron chi connectivity index (χ3n) is 3.80. The molecule has 0 saturated carbocycles. The number of nitrogens with zero attached hydrogens (tertiary/aromatic N) is 2. The van der Waals surface area contributed by atoms with Gasteiger partial charge in [0.1, 0.15) is 5.69 Å². The third-order valence-corrected chi connectivity index (χ3v) is 3.80. The second kappa shape index (κ2) is 6.08. The van der Waals surface area contributed by atoms with Crippen LogP contribution in [0.25, 0.3) is 11.3 Å². The predicted molar refractivity (Wildman–Crippen MR) is 89.6 cm³/mol. The normalized spacial score (nSPS) is 10.7. The number of carbonyl (C=O) groups is 1. The average Bonchev–Trinajstić information content (AvgIpc) is 2.94. The molecule has 0 bridgehead atoms. The van der Waals surface area contributed by atoms with E-state index >= 15 is 0 Å². The molecule has 4 nitrogen and oxygen atoms in total. The number of carboxylic acid groups (broad SMARTS) is 1. The van der Waals surface area contributed by atoms with Crippen LogP contribution in [-0.2, 0) is 6.54 Å². The summed E-state index contributed by atoms with van der Waals surface area (Å²) in [6.45, 7) is 4.48. The molecular weight excluding hydrogens is 288 g/mol. The second-order valence-electron chi connectivity index (χ2n) is 5.73. The number of aryl methyl sites for hydroxylation is 2. The van der Waals surface area contributed by atoms with E-state index in [-0.39, 0.29) is 5.69 Å². The van der Waals surface area contributed by atoms with Crippen molar-refractivity contribution < 1.29 is 9.90 Å². The smallest absolute Gasteiger partial charge is 0.354 e. The Balaban J connectivity index is 1.97. The van der Waals surface area contributed by atoms with Crippen LogP contribution in [0.3, 0.4) is 0 Å². The molecule has 1 aromatic heterocycles. The van der Waals surface area contributed by atoms with E-state index in [4.69, 9.17) is 0 Å². The summed E-state index contributed by atoms with van der Waals surface area (Å²) in [5.41, 5.74) is 5.15. The van der Waals surface area contributed by atoms with E-state index in [9.17, 15) is 9.90 Å². The van der Waals surface area contributed by atoms with Gasteiger partial charge in [0, 0.05) is 5.56 Å². The maximum absolute atomic E-state index is 11.5. The van der Waals surface area contributed by atoms with Crippen molar-refractivity contribution in [1.82, 2.24) is 9.78 Å². The van der Waals surface area contributed by atoms with E-state index in [1.807, 2.05) is 62.4 Å². The van der Waals surface area contributed by atoms with Crippen molar-refractivity contribution in [3.8, 4) is 11.3 Å². The molecule has 2 aromatic carbocycles. The molecule has 0 unspecified atom stereocenters. The highest BCUT2D eigenvalue weighted by Gasteiger charge is 2.15. The number of aromatic nitrogens is 2. The van der Waals surface area contributed by atoms with Gasteiger partial charge in [0.2, 0.25) is 0 Å². The van der Waals surface area contributed by atoms with Crippen molar-refractivity contribution in [3.63, 3.8) is 0 Å². The van der Waals surface area contributed by atoms with E-state index in [2.05, 4.69) is 5.10 Å². The zero-order chi connectivity index (χ0) is 16.4. The molecule has 0 atom stereocenters. The molecule has 4 heteroatoms. The maximum Gasteiger partial charge on any atom is 0.354 e. The van der Waals surface area contributed by atoms with Gasteiger partial charge in [-0.1, -0.05) is 59.7 Å². The SMILES string of the molecule is Cc1ccc(Cn2nc(-c3ccc(C)cc3)cc2C(=O)O)cc1. The summed E-state index contributed by atoms with van der Waals surface area (Å²) in [4.78, 5) is 11.5. The fourth-order valence-corrected chi connectivity index (χ4v) is 2.44. The van der Waals surface area contributed by atoms with Crippen LogP contribution in [0.4, 0.5) is 0 Å². The van der Waals surface area contributed by atoms with E-state index in [1.165, 1.54) is 5.56 Å². The van der Waals surface area contributed by atoms with Gasteiger partial charge in [-0.3, -0.25) is 4.68 Å². The quantitative estimate of drug-likeness (QED) is 0.795. The zero-order valence-electron chi connectivity index (χ0n) is 13.2. The lowest BCUT2D eigenvalue weighted by molar-refractivity contribution is 0.0684. The summed E-state index contributed by atoms with van der Waals surface area (Å²) in [6.07, 6.45) is 0.